The molecule has 1 heterocycles. The van der Waals surface area contributed by atoms with Gasteiger partial charge in [0.05, 0.1) is 5.02 Å². The van der Waals surface area contributed by atoms with Crippen LogP contribution in [0.4, 0.5) is 4.39 Å². The standard InChI is InChI=1S/C16H10ClFO2/c17-16-11(5-3-6-12(16)18)8-13(19)15-9-10-4-1-2-7-14(10)20-15/h1-7,9H,8H2. The Morgan fingerprint density at radius 2 is 1.95 bits per heavy atom. The van der Waals surface area contributed by atoms with Gasteiger partial charge in [-0.3, -0.25) is 4.79 Å². The molecule has 0 spiro atoms. The van der Waals surface area contributed by atoms with Gasteiger partial charge in [-0.15, -0.1) is 0 Å². The summed E-state index contributed by atoms with van der Waals surface area (Å²) in [6.45, 7) is 0. The maximum Gasteiger partial charge on any atom is 0.202 e. The Morgan fingerprint density at radius 1 is 1.15 bits per heavy atom. The van der Waals surface area contributed by atoms with E-state index < -0.39 is 5.82 Å². The molecule has 0 atom stereocenters. The molecule has 0 radical (unpaired) electrons. The molecule has 4 heteroatoms. The van der Waals surface area contributed by atoms with Gasteiger partial charge in [0.1, 0.15) is 11.4 Å². The number of halogens is 2. The van der Waals surface area contributed by atoms with Crippen LogP contribution in [0.15, 0.2) is 52.9 Å². The summed E-state index contributed by atoms with van der Waals surface area (Å²) < 4.78 is 18.8. The van der Waals surface area contributed by atoms with Crippen LogP contribution in [0.2, 0.25) is 5.02 Å². The van der Waals surface area contributed by atoms with Gasteiger partial charge < -0.3 is 4.42 Å². The topological polar surface area (TPSA) is 30.2 Å². The summed E-state index contributed by atoms with van der Waals surface area (Å²) in [5.74, 6) is -0.498. The summed E-state index contributed by atoms with van der Waals surface area (Å²) in [5, 5.41) is 0.846. The maximum absolute atomic E-state index is 13.3. The van der Waals surface area contributed by atoms with Gasteiger partial charge in [0, 0.05) is 11.8 Å². The fourth-order valence-electron chi connectivity index (χ4n) is 2.06. The number of benzene rings is 2. The first-order chi connectivity index (χ1) is 9.65. The van der Waals surface area contributed by atoms with Crippen molar-refractivity contribution < 1.29 is 13.6 Å². The Kier molecular flexibility index (Phi) is 3.28. The van der Waals surface area contributed by atoms with Crippen LogP contribution in [0.1, 0.15) is 16.1 Å². The van der Waals surface area contributed by atoms with Crippen LogP contribution in [-0.2, 0) is 6.42 Å². The minimum Gasteiger partial charge on any atom is -0.453 e. The molecule has 3 rings (SSSR count). The SMILES string of the molecule is O=C(Cc1cccc(F)c1Cl)c1cc2ccccc2o1. The van der Waals surface area contributed by atoms with E-state index in [1.165, 1.54) is 12.1 Å². The number of Topliss-reactive ketones (excluding diaryl/α,β-unsaturated/α-hetero) is 1. The highest BCUT2D eigenvalue weighted by molar-refractivity contribution is 6.31. The number of carbonyl (C=O) groups excluding carboxylic acids is 1. The minimum atomic E-state index is -0.526. The first-order valence-corrected chi connectivity index (χ1v) is 6.47. The molecule has 3 aromatic rings. The zero-order chi connectivity index (χ0) is 14.1. The molecule has 0 unspecified atom stereocenters. The highest BCUT2D eigenvalue weighted by atomic mass is 35.5. The average Bonchev–Trinajstić information content (AvgIpc) is 2.88. The lowest BCUT2D eigenvalue weighted by Crippen LogP contribution is -2.03. The van der Waals surface area contributed by atoms with Gasteiger partial charge in [0.15, 0.2) is 5.76 Å². The smallest absolute Gasteiger partial charge is 0.202 e. The lowest BCUT2D eigenvalue weighted by molar-refractivity contribution is 0.0968. The Labute approximate surface area is 119 Å². The summed E-state index contributed by atoms with van der Waals surface area (Å²) in [7, 11) is 0. The van der Waals surface area contributed by atoms with E-state index in [2.05, 4.69) is 0 Å². The molecular formula is C16H10ClFO2. The van der Waals surface area contributed by atoms with Gasteiger partial charge in [-0.05, 0) is 23.8 Å². The number of ketones is 1. The van der Waals surface area contributed by atoms with E-state index >= 15 is 0 Å². The Hall–Kier alpha value is -2.13. The van der Waals surface area contributed by atoms with Crippen LogP contribution in [0.25, 0.3) is 11.0 Å². The van der Waals surface area contributed by atoms with Crippen molar-refractivity contribution in [2.24, 2.45) is 0 Å². The zero-order valence-electron chi connectivity index (χ0n) is 10.4. The number of para-hydroxylation sites is 1. The van der Waals surface area contributed by atoms with Crippen LogP contribution in [-0.4, -0.2) is 5.78 Å². The average molecular weight is 289 g/mol. The number of hydrogen-bond acceptors (Lipinski definition) is 2. The fraction of sp³-hybridized carbons (Fsp3) is 0.0625. The summed E-state index contributed by atoms with van der Waals surface area (Å²) in [5.41, 5.74) is 1.11. The molecule has 0 aliphatic heterocycles. The molecule has 0 aliphatic carbocycles. The van der Waals surface area contributed by atoms with Crippen molar-refractivity contribution in [3.05, 3.63) is 70.7 Å². The van der Waals surface area contributed by atoms with Crippen LogP contribution < -0.4 is 0 Å². The van der Waals surface area contributed by atoms with Gasteiger partial charge in [-0.1, -0.05) is 41.9 Å². The van der Waals surface area contributed by atoms with Crippen LogP contribution in [0.5, 0.6) is 0 Å². The molecule has 100 valence electrons. The van der Waals surface area contributed by atoms with E-state index in [0.29, 0.717) is 11.1 Å². The normalized spacial score (nSPS) is 10.9. The molecule has 0 aliphatic rings. The molecule has 2 aromatic carbocycles. The van der Waals surface area contributed by atoms with Gasteiger partial charge in [-0.2, -0.15) is 0 Å². The van der Waals surface area contributed by atoms with Crippen molar-refractivity contribution in [3.8, 4) is 0 Å². The van der Waals surface area contributed by atoms with Crippen molar-refractivity contribution in [1.29, 1.82) is 0 Å². The molecule has 0 amide bonds. The van der Waals surface area contributed by atoms with E-state index in [9.17, 15) is 9.18 Å². The molecule has 0 N–H and O–H groups in total. The third-order valence-corrected chi connectivity index (χ3v) is 3.51. The van der Waals surface area contributed by atoms with Crippen LogP contribution >= 0.6 is 11.6 Å². The molecule has 0 fully saturated rings. The Morgan fingerprint density at radius 3 is 2.75 bits per heavy atom. The fourth-order valence-corrected chi connectivity index (χ4v) is 2.26. The third-order valence-electron chi connectivity index (χ3n) is 3.08. The quantitative estimate of drug-likeness (QED) is 0.657. The van der Waals surface area contributed by atoms with E-state index in [0.717, 1.165) is 5.39 Å². The van der Waals surface area contributed by atoms with Crippen molar-refractivity contribution in [1.82, 2.24) is 0 Å². The van der Waals surface area contributed by atoms with E-state index in [1.807, 2.05) is 18.2 Å². The highest BCUT2D eigenvalue weighted by Crippen LogP contribution is 2.23. The third kappa shape index (κ3) is 2.32. The predicted octanol–water partition coefficient (Wildman–Crippen LogP) is 4.65. The minimum absolute atomic E-state index is 0.0103. The molecule has 2 nitrogen and oxygen atoms in total. The second kappa shape index (κ2) is 5.10. The maximum atomic E-state index is 13.3. The summed E-state index contributed by atoms with van der Waals surface area (Å²) in [6, 6.07) is 13.5. The van der Waals surface area contributed by atoms with Crippen molar-refractivity contribution in [2.75, 3.05) is 0 Å². The van der Waals surface area contributed by atoms with Crippen LogP contribution in [0, 0.1) is 5.82 Å². The molecule has 0 saturated heterocycles. The zero-order valence-corrected chi connectivity index (χ0v) is 11.2. The number of carbonyl (C=O) groups is 1. The van der Waals surface area contributed by atoms with Crippen LogP contribution in [0.3, 0.4) is 0 Å². The highest BCUT2D eigenvalue weighted by Gasteiger charge is 2.15. The molecule has 0 bridgehead atoms. The van der Waals surface area contributed by atoms with Gasteiger partial charge in [0.2, 0.25) is 5.78 Å². The van der Waals surface area contributed by atoms with Gasteiger partial charge in [-0.25, -0.2) is 4.39 Å². The lowest BCUT2D eigenvalue weighted by atomic mass is 10.1. The lowest BCUT2D eigenvalue weighted by Gasteiger charge is -2.02. The van der Waals surface area contributed by atoms with Crippen molar-refractivity contribution in [3.63, 3.8) is 0 Å². The number of rotatable bonds is 3. The molecule has 0 saturated carbocycles. The van der Waals surface area contributed by atoms with E-state index in [-0.39, 0.29) is 23.0 Å². The second-order valence-electron chi connectivity index (χ2n) is 4.46. The Bertz CT molecular complexity index is 759. The molecule has 1 aromatic heterocycles. The van der Waals surface area contributed by atoms with E-state index in [4.69, 9.17) is 16.0 Å². The predicted molar refractivity (Wildman–Crippen MR) is 75.7 cm³/mol. The first-order valence-electron chi connectivity index (χ1n) is 6.10. The summed E-state index contributed by atoms with van der Waals surface area (Å²) >= 11 is 5.85. The largest absolute Gasteiger partial charge is 0.453 e. The monoisotopic (exact) mass is 288 g/mol. The second-order valence-corrected chi connectivity index (χ2v) is 4.84. The molecule has 20 heavy (non-hydrogen) atoms. The summed E-state index contributed by atoms with van der Waals surface area (Å²) in [6.07, 6.45) is 0.0103. The summed E-state index contributed by atoms with van der Waals surface area (Å²) in [4.78, 5) is 12.2. The first kappa shape index (κ1) is 12.9. The van der Waals surface area contributed by atoms with Gasteiger partial charge >= 0.3 is 0 Å². The van der Waals surface area contributed by atoms with E-state index in [1.54, 1.807) is 18.2 Å². The number of fused-ring (bicyclic) bond motifs is 1. The van der Waals surface area contributed by atoms with Crippen molar-refractivity contribution in [2.45, 2.75) is 6.42 Å². The Balaban J connectivity index is 1.91. The number of hydrogen-bond donors (Lipinski definition) is 0. The molecular weight excluding hydrogens is 279 g/mol. The van der Waals surface area contributed by atoms with Crippen molar-refractivity contribution >= 4 is 28.4 Å². The number of furan rings is 1. The van der Waals surface area contributed by atoms with Gasteiger partial charge in [0.25, 0.3) is 0 Å².